The van der Waals surface area contributed by atoms with Crippen LogP contribution in [-0.2, 0) is 17.1 Å². The van der Waals surface area contributed by atoms with E-state index in [4.69, 9.17) is 0 Å². The van der Waals surface area contributed by atoms with E-state index in [9.17, 15) is 0 Å². The van der Waals surface area contributed by atoms with Gasteiger partial charge in [0.1, 0.15) is 0 Å². The summed E-state index contributed by atoms with van der Waals surface area (Å²) in [5, 5.41) is 0. The number of benzene rings is 2. The van der Waals surface area contributed by atoms with Crippen LogP contribution in [0.4, 0.5) is 0 Å². The molecule has 0 radical (unpaired) electrons. The van der Waals surface area contributed by atoms with Crippen molar-refractivity contribution in [3.63, 3.8) is 0 Å². The van der Waals surface area contributed by atoms with Crippen LogP contribution >= 0.6 is 0 Å². The maximum absolute atomic E-state index is 2.89. The first-order valence-corrected chi connectivity index (χ1v) is 3.82. The Morgan fingerprint density at radius 2 is 0.786 bits per heavy atom. The summed E-state index contributed by atoms with van der Waals surface area (Å²) in [7, 11) is 0. The smallest absolute Gasteiger partial charge is 0.184 e. The zero-order chi connectivity index (χ0) is 8.49. The van der Waals surface area contributed by atoms with Crippen LogP contribution in [0.25, 0.3) is 0 Å². The Labute approximate surface area is 108 Å². The van der Waals surface area contributed by atoms with E-state index in [1.807, 2.05) is 60.7 Å². The third-order valence-corrected chi connectivity index (χ3v) is 1.21. The van der Waals surface area contributed by atoms with Gasteiger partial charge >= 0.3 is 35.9 Å². The van der Waals surface area contributed by atoms with Gasteiger partial charge in [0.2, 0.25) is 0 Å². The quantitative estimate of drug-likeness (QED) is 0.436. The topological polar surface area (TPSA) is 0 Å². The fraction of sp³-hybridized carbons (Fsp3) is 0. The predicted octanol–water partition coefficient (Wildman–Crippen LogP) is -0.0249. The van der Waals surface area contributed by atoms with Gasteiger partial charge in [-0.05, 0) is 0 Å². The van der Waals surface area contributed by atoms with E-state index in [0.29, 0.717) is 0 Å². The summed E-state index contributed by atoms with van der Waals surface area (Å²) in [6.45, 7) is 0. The Bertz CT molecular complexity index is 186. The Balaban J connectivity index is 0. The summed E-state index contributed by atoms with van der Waals surface area (Å²) in [5.41, 5.74) is 0. The molecule has 0 saturated heterocycles. The molecule has 70 valence electrons. The molecule has 2 aromatic rings. The van der Waals surface area contributed by atoms with E-state index in [0.717, 1.165) is 0 Å². The Morgan fingerprint density at radius 1 is 0.500 bits per heavy atom. The molecule has 0 unspecified atom stereocenters. The predicted molar refractivity (Wildman–Crippen MR) is 50.6 cm³/mol. The van der Waals surface area contributed by atoms with E-state index >= 15 is 0 Å². The Kier molecular flexibility index (Phi) is 14.4. The maximum atomic E-state index is 2.89. The molecule has 0 nitrogen and oxygen atoms in total. The van der Waals surface area contributed by atoms with Crippen LogP contribution in [0.2, 0.25) is 0 Å². The van der Waals surface area contributed by atoms with Crippen LogP contribution in [0.5, 0.6) is 0 Å². The minimum Gasteiger partial charge on any atom is -0.184 e. The summed E-state index contributed by atoms with van der Waals surface area (Å²) in [5.74, 6) is 0. The molecule has 2 heteroatoms. The average molecular weight is 225 g/mol. The molecule has 0 aromatic heterocycles. The van der Waals surface area contributed by atoms with E-state index in [1.165, 1.54) is 0 Å². The average Bonchev–Trinajstić information content (AvgIpc) is 2.24. The van der Waals surface area contributed by atoms with Crippen molar-refractivity contribution >= 4 is 0 Å². The van der Waals surface area contributed by atoms with Crippen LogP contribution in [-0.4, -0.2) is 0 Å². The minimum atomic E-state index is 0. The van der Waals surface area contributed by atoms with E-state index in [-0.39, 0.29) is 35.9 Å². The van der Waals surface area contributed by atoms with Gasteiger partial charge in [0.25, 0.3) is 0 Å². The molecule has 2 rings (SSSR count). The second kappa shape index (κ2) is 12.6. The van der Waals surface area contributed by atoms with E-state index in [1.54, 1.807) is 0 Å². The molecule has 14 heavy (non-hydrogen) atoms. The maximum Gasteiger partial charge on any atom is 1.00 e. The third-order valence-electron chi connectivity index (χ3n) is 1.21. The van der Waals surface area contributed by atoms with Crippen molar-refractivity contribution in [2.75, 3.05) is 0 Å². The molecule has 0 bridgehead atoms. The first-order chi connectivity index (χ1) is 6.00. The van der Waals surface area contributed by atoms with Gasteiger partial charge in [0.15, 0.2) is 0 Å². The molecule has 0 N–H and O–H groups in total. The SMILES string of the molecule is [Cu+].[Li+].[c-]1ccccc1.[c-]1ccccc1. The van der Waals surface area contributed by atoms with Crippen molar-refractivity contribution in [2.24, 2.45) is 0 Å². The van der Waals surface area contributed by atoms with Gasteiger partial charge in [-0.3, -0.25) is 0 Å². The third kappa shape index (κ3) is 9.64. The van der Waals surface area contributed by atoms with Gasteiger partial charge < -0.3 is 0 Å². The minimum absolute atomic E-state index is 0. The van der Waals surface area contributed by atoms with E-state index in [2.05, 4.69) is 12.1 Å². The van der Waals surface area contributed by atoms with Crippen LogP contribution in [0.3, 0.4) is 0 Å². The van der Waals surface area contributed by atoms with Crippen molar-refractivity contribution in [1.82, 2.24) is 0 Å². The molecule has 0 saturated carbocycles. The summed E-state index contributed by atoms with van der Waals surface area (Å²) >= 11 is 0. The normalized spacial score (nSPS) is 6.86. The molecule has 0 atom stereocenters. The standard InChI is InChI=1S/2C6H5.Cu.Li/c2*1-2-4-6-5-3-1;;/h2*1-5H;;/q2*-1;2*+1. The first-order valence-electron chi connectivity index (χ1n) is 3.82. The van der Waals surface area contributed by atoms with E-state index < -0.39 is 0 Å². The summed E-state index contributed by atoms with van der Waals surface area (Å²) in [6.07, 6.45) is 0. The molecule has 0 heterocycles. The summed E-state index contributed by atoms with van der Waals surface area (Å²) in [4.78, 5) is 0. The first kappa shape index (κ1) is 16.0. The van der Waals surface area contributed by atoms with Gasteiger partial charge in [0.05, 0.1) is 0 Å². The fourth-order valence-electron chi connectivity index (χ4n) is 0.684. The molecular weight excluding hydrogens is 215 g/mol. The van der Waals surface area contributed by atoms with Gasteiger partial charge in [-0.25, -0.2) is 0 Å². The zero-order valence-corrected chi connectivity index (χ0v) is 9.02. The van der Waals surface area contributed by atoms with Crippen molar-refractivity contribution in [3.05, 3.63) is 72.8 Å². The van der Waals surface area contributed by atoms with Crippen molar-refractivity contribution < 1.29 is 35.9 Å². The van der Waals surface area contributed by atoms with Gasteiger partial charge in [0, 0.05) is 0 Å². The fourth-order valence-corrected chi connectivity index (χ4v) is 0.684. The molecule has 0 aliphatic heterocycles. The molecule has 0 aliphatic carbocycles. The number of hydrogen-bond donors (Lipinski definition) is 0. The van der Waals surface area contributed by atoms with Crippen molar-refractivity contribution in [1.29, 1.82) is 0 Å². The van der Waals surface area contributed by atoms with Gasteiger partial charge in [-0.2, -0.15) is 72.8 Å². The van der Waals surface area contributed by atoms with Gasteiger partial charge in [-0.1, -0.05) is 0 Å². The number of rotatable bonds is 0. The Hall–Kier alpha value is -0.443. The molecule has 0 spiro atoms. The van der Waals surface area contributed by atoms with Crippen molar-refractivity contribution in [3.8, 4) is 0 Å². The molecule has 0 amide bonds. The summed E-state index contributed by atoms with van der Waals surface area (Å²) in [6, 6.07) is 25.0. The van der Waals surface area contributed by atoms with Crippen LogP contribution in [0, 0.1) is 12.1 Å². The van der Waals surface area contributed by atoms with Crippen LogP contribution in [0.15, 0.2) is 60.7 Å². The number of hydrogen-bond acceptors (Lipinski definition) is 0. The van der Waals surface area contributed by atoms with Crippen molar-refractivity contribution in [2.45, 2.75) is 0 Å². The molecule has 0 fully saturated rings. The monoisotopic (exact) mass is 224 g/mol. The second-order valence-electron chi connectivity index (χ2n) is 2.15. The van der Waals surface area contributed by atoms with Crippen LogP contribution < -0.4 is 18.9 Å². The van der Waals surface area contributed by atoms with Gasteiger partial charge in [-0.15, -0.1) is 0 Å². The molecule has 0 aliphatic rings. The molecular formula is C12H10CuLi. The summed E-state index contributed by atoms with van der Waals surface area (Å²) < 4.78 is 0. The Morgan fingerprint density at radius 3 is 0.857 bits per heavy atom. The largest absolute Gasteiger partial charge is 1.00 e. The zero-order valence-electron chi connectivity index (χ0n) is 8.08. The second-order valence-corrected chi connectivity index (χ2v) is 2.15. The molecule has 2 aromatic carbocycles. The van der Waals surface area contributed by atoms with Crippen LogP contribution in [0.1, 0.15) is 0 Å².